The molecule has 3 aromatic rings. The molecule has 3 heterocycles. The predicted octanol–water partition coefficient (Wildman–Crippen LogP) is 4.57. The van der Waals surface area contributed by atoms with Crippen molar-refractivity contribution in [2.75, 3.05) is 13.1 Å². The molecule has 5 nitrogen and oxygen atoms in total. The zero-order valence-electron chi connectivity index (χ0n) is 14.9. The van der Waals surface area contributed by atoms with Gasteiger partial charge in [-0.3, -0.25) is 9.48 Å². The van der Waals surface area contributed by atoms with E-state index in [-0.39, 0.29) is 11.9 Å². The van der Waals surface area contributed by atoms with Crippen molar-refractivity contribution in [2.24, 2.45) is 0 Å². The second kappa shape index (κ2) is 6.72. The van der Waals surface area contributed by atoms with E-state index >= 15 is 0 Å². The Kier molecular flexibility index (Phi) is 4.41. The summed E-state index contributed by atoms with van der Waals surface area (Å²) < 4.78 is 1.89. The molecule has 1 fully saturated rings. The van der Waals surface area contributed by atoms with Gasteiger partial charge in [-0.15, -0.1) is 0 Å². The molecule has 4 rings (SSSR count). The number of aromatic nitrogens is 3. The average Bonchev–Trinajstić information content (AvgIpc) is 3.31. The molecule has 2 aromatic heterocycles. The fourth-order valence-electron chi connectivity index (χ4n) is 3.37. The molecule has 134 valence electrons. The van der Waals surface area contributed by atoms with E-state index in [0.29, 0.717) is 10.6 Å². The van der Waals surface area contributed by atoms with Gasteiger partial charge in [0.25, 0.3) is 5.91 Å². The lowest BCUT2D eigenvalue weighted by molar-refractivity contribution is 0.0794. The second-order valence-electron chi connectivity index (χ2n) is 7.02. The first kappa shape index (κ1) is 17.0. The molecule has 0 N–H and O–H groups in total. The zero-order valence-corrected chi connectivity index (χ0v) is 15.7. The van der Waals surface area contributed by atoms with Crippen LogP contribution in [0.2, 0.25) is 5.02 Å². The van der Waals surface area contributed by atoms with Crippen LogP contribution in [-0.4, -0.2) is 38.7 Å². The van der Waals surface area contributed by atoms with Crippen LogP contribution >= 0.6 is 11.6 Å². The Morgan fingerprint density at radius 1 is 1.19 bits per heavy atom. The van der Waals surface area contributed by atoms with Crippen molar-refractivity contribution in [2.45, 2.75) is 32.7 Å². The van der Waals surface area contributed by atoms with Gasteiger partial charge in [0.15, 0.2) is 0 Å². The highest BCUT2D eigenvalue weighted by atomic mass is 35.5. The van der Waals surface area contributed by atoms with Crippen LogP contribution < -0.4 is 0 Å². The highest BCUT2D eigenvalue weighted by molar-refractivity contribution is 6.31. The van der Waals surface area contributed by atoms with E-state index in [1.807, 2.05) is 40.0 Å². The number of hydrogen-bond acceptors (Lipinski definition) is 3. The smallest absolute Gasteiger partial charge is 0.254 e. The second-order valence-corrected chi connectivity index (χ2v) is 7.46. The van der Waals surface area contributed by atoms with Gasteiger partial charge in [0.2, 0.25) is 0 Å². The first-order valence-corrected chi connectivity index (χ1v) is 9.35. The molecule has 26 heavy (non-hydrogen) atoms. The molecule has 1 saturated heterocycles. The number of pyridine rings is 1. The Morgan fingerprint density at radius 3 is 2.65 bits per heavy atom. The van der Waals surface area contributed by atoms with E-state index in [1.54, 1.807) is 6.20 Å². The predicted molar refractivity (Wildman–Crippen MR) is 103 cm³/mol. The number of hydrogen-bond donors (Lipinski definition) is 0. The number of carbonyl (C=O) groups is 1. The number of likely N-dealkylation sites (tertiary alicyclic amines) is 1. The minimum Gasteiger partial charge on any atom is -0.339 e. The number of fused-ring (bicyclic) bond motifs is 1. The lowest BCUT2D eigenvalue weighted by atomic mass is 10.0. The summed E-state index contributed by atoms with van der Waals surface area (Å²) in [4.78, 5) is 19.7. The first-order valence-electron chi connectivity index (χ1n) is 8.97. The number of amides is 1. The summed E-state index contributed by atoms with van der Waals surface area (Å²) in [6.45, 7) is 5.78. The summed E-state index contributed by atoms with van der Waals surface area (Å²) in [5, 5.41) is 5.85. The summed E-state index contributed by atoms with van der Waals surface area (Å²) in [5.41, 5.74) is 3.06. The monoisotopic (exact) mass is 368 g/mol. The van der Waals surface area contributed by atoms with Crippen LogP contribution in [-0.2, 0) is 0 Å². The van der Waals surface area contributed by atoms with Gasteiger partial charge in [0.1, 0.15) is 0 Å². The molecule has 6 heteroatoms. The fourth-order valence-corrected chi connectivity index (χ4v) is 3.54. The van der Waals surface area contributed by atoms with Crippen LogP contribution in [0.5, 0.6) is 0 Å². The van der Waals surface area contributed by atoms with Crippen LogP contribution in [0.15, 0.2) is 36.7 Å². The summed E-state index contributed by atoms with van der Waals surface area (Å²) in [6, 6.07) is 7.66. The van der Waals surface area contributed by atoms with Crippen LogP contribution in [0.1, 0.15) is 43.1 Å². The maximum atomic E-state index is 13.1. The summed E-state index contributed by atoms with van der Waals surface area (Å²) in [5.74, 6) is 0.0646. The van der Waals surface area contributed by atoms with E-state index in [2.05, 4.69) is 18.9 Å². The minimum absolute atomic E-state index is 0.0646. The van der Waals surface area contributed by atoms with Gasteiger partial charge < -0.3 is 4.90 Å². The van der Waals surface area contributed by atoms with Crippen molar-refractivity contribution in [3.05, 3.63) is 47.2 Å². The van der Waals surface area contributed by atoms with Crippen molar-refractivity contribution >= 4 is 28.4 Å². The molecule has 0 spiro atoms. The van der Waals surface area contributed by atoms with Crippen molar-refractivity contribution in [1.82, 2.24) is 19.7 Å². The molecule has 0 atom stereocenters. The normalized spacial score (nSPS) is 14.5. The van der Waals surface area contributed by atoms with Crippen molar-refractivity contribution in [1.29, 1.82) is 0 Å². The quantitative estimate of drug-likeness (QED) is 0.680. The van der Waals surface area contributed by atoms with Gasteiger partial charge >= 0.3 is 0 Å². The summed E-state index contributed by atoms with van der Waals surface area (Å²) in [7, 11) is 0. The Bertz CT molecular complexity index is 973. The molecular weight excluding hydrogens is 348 g/mol. The third kappa shape index (κ3) is 3.07. The largest absolute Gasteiger partial charge is 0.339 e. The molecule has 1 aliphatic heterocycles. The van der Waals surface area contributed by atoms with Crippen LogP contribution in [0, 0.1) is 0 Å². The maximum absolute atomic E-state index is 13.1. The lowest BCUT2D eigenvalue weighted by Crippen LogP contribution is -2.27. The SMILES string of the molecule is CC(C)n1cc(-c2cc(C(=O)N3CCCC3)c3ccc(Cl)cc3n2)cn1. The Balaban J connectivity index is 1.86. The van der Waals surface area contributed by atoms with E-state index in [9.17, 15) is 4.79 Å². The third-order valence-corrected chi connectivity index (χ3v) is 5.06. The average molecular weight is 369 g/mol. The number of halogens is 1. The van der Waals surface area contributed by atoms with Crippen molar-refractivity contribution in [3.63, 3.8) is 0 Å². The fraction of sp³-hybridized carbons (Fsp3) is 0.350. The van der Waals surface area contributed by atoms with Gasteiger partial charge in [-0.2, -0.15) is 5.10 Å². The molecule has 0 bridgehead atoms. The molecular formula is C20H21ClN4O. The minimum atomic E-state index is 0.0646. The molecule has 1 aliphatic rings. The highest BCUT2D eigenvalue weighted by Gasteiger charge is 2.23. The number of nitrogens with zero attached hydrogens (tertiary/aromatic N) is 4. The number of carbonyl (C=O) groups excluding carboxylic acids is 1. The molecule has 1 aromatic carbocycles. The zero-order chi connectivity index (χ0) is 18.3. The maximum Gasteiger partial charge on any atom is 0.254 e. The Labute approximate surface area is 157 Å². The standard InChI is InChI=1S/C20H21ClN4O/c1-13(2)25-12-14(11-22-25)18-10-17(20(26)24-7-3-4-8-24)16-6-5-15(21)9-19(16)23-18/h5-6,9-13H,3-4,7-8H2,1-2H3. The van der Waals surface area contributed by atoms with Gasteiger partial charge in [-0.05, 0) is 44.9 Å². The summed E-state index contributed by atoms with van der Waals surface area (Å²) >= 11 is 6.17. The third-order valence-electron chi connectivity index (χ3n) is 4.82. The molecule has 0 unspecified atom stereocenters. The Morgan fingerprint density at radius 2 is 1.96 bits per heavy atom. The van der Waals surface area contributed by atoms with Crippen LogP contribution in [0.3, 0.4) is 0 Å². The van der Waals surface area contributed by atoms with Gasteiger partial charge in [0.05, 0.1) is 23.0 Å². The summed E-state index contributed by atoms with van der Waals surface area (Å²) in [6.07, 6.45) is 5.89. The van der Waals surface area contributed by atoms with Gasteiger partial charge in [-0.25, -0.2) is 4.98 Å². The van der Waals surface area contributed by atoms with E-state index in [1.165, 1.54) is 0 Å². The van der Waals surface area contributed by atoms with Gasteiger partial charge in [0, 0.05) is 41.3 Å². The van der Waals surface area contributed by atoms with E-state index < -0.39 is 0 Å². The van der Waals surface area contributed by atoms with Gasteiger partial charge in [-0.1, -0.05) is 17.7 Å². The molecule has 1 amide bonds. The topological polar surface area (TPSA) is 51.0 Å². The first-order chi connectivity index (χ1) is 12.5. The molecule has 0 aliphatic carbocycles. The Hall–Kier alpha value is -2.40. The number of benzene rings is 1. The van der Waals surface area contributed by atoms with Crippen molar-refractivity contribution < 1.29 is 4.79 Å². The van der Waals surface area contributed by atoms with Crippen molar-refractivity contribution in [3.8, 4) is 11.3 Å². The van der Waals surface area contributed by atoms with E-state index in [0.717, 1.165) is 48.1 Å². The molecule has 0 saturated carbocycles. The lowest BCUT2D eigenvalue weighted by Gasteiger charge is -2.17. The van der Waals surface area contributed by atoms with E-state index in [4.69, 9.17) is 16.6 Å². The highest BCUT2D eigenvalue weighted by Crippen LogP contribution is 2.28. The number of rotatable bonds is 3. The molecule has 0 radical (unpaired) electrons. The van der Waals surface area contributed by atoms with Crippen LogP contribution in [0.25, 0.3) is 22.2 Å². The van der Waals surface area contributed by atoms with Crippen LogP contribution in [0.4, 0.5) is 0 Å².